The number of nitrogens with one attached hydrogen (secondary N) is 1. The summed E-state index contributed by atoms with van der Waals surface area (Å²) in [6.45, 7) is 6.02. The van der Waals surface area contributed by atoms with Gasteiger partial charge in [0, 0.05) is 5.56 Å². The molecule has 0 aliphatic heterocycles. The highest BCUT2D eigenvalue weighted by atomic mass is 16.5. The number of aryl methyl sites for hydroxylation is 1. The molecule has 2 nitrogen and oxygen atoms in total. The molecule has 0 saturated heterocycles. The van der Waals surface area contributed by atoms with Gasteiger partial charge in [-0.15, -0.1) is 0 Å². The SMILES string of the molecule is CC(C)=Cc1cccc(C)c1NO. The van der Waals surface area contributed by atoms with Crippen LogP contribution in [0, 0.1) is 6.92 Å². The van der Waals surface area contributed by atoms with Gasteiger partial charge in [0.05, 0.1) is 5.69 Å². The van der Waals surface area contributed by atoms with Crippen LogP contribution < -0.4 is 5.48 Å². The van der Waals surface area contributed by atoms with Gasteiger partial charge in [-0.05, 0) is 26.3 Å². The Morgan fingerprint density at radius 2 is 2.08 bits per heavy atom. The summed E-state index contributed by atoms with van der Waals surface area (Å²) in [6.07, 6.45) is 2.03. The van der Waals surface area contributed by atoms with Gasteiger partial charge in [-0.1, -0.05) is 29.8 Å². The molecule has 2 heteroatoms. The van der Waals surface area contributed by atoms with E-state index < -0.39 is 0 Å². The van der Waals surface area contributed by atoms with Crippen molar-refractivity contribution in [2.24, 2.45) is 0 Å². The molecule has 1 rings (SSSR count). The fraction of sp³-hybridized carbons (Fsp3) is 0.273. The number of anilines is 1. The zero-order valence-corrected chi connectivity index (χ0v) is 8.26. The molecular weight excluding hydrogens is 162 g/mol. The lowest BCUT2D eigenvalue weighted by Gasteiger charge is -2.07. The van der Waals surface area contributed by atoms with E-state index in [4.69, 9.17) is 5.21 Å². The Balaban J connectivity index is 3.20. The molecule has 0 spiro atoms. The van der Waals surface area contributed by atoms with Gasteiger partial charge in [-0.2, -0.15) is 0 Å². The van der Waals surface area contributed by atoms with Crippen molar-refractivity contribution in [2.75, 3.05) is 5.48 Å². The van der Waals surface area contributed by atoms with Crippen LogP contribution in [0.25, 0.3) is 6.08 Å². The second-order valence-corrected chi connectivity index (χ2v) is 3.37. The minimum Gasteiger partial charge on any atom is -0.291 e. The second kappa shape index (κ2) is 4.10. The van der Waals surface area contributed by atoms with Crippen LogP contribution in [0.4, 0.5) is 5.69 Å². The Labute approximate surface area is 78.9 Å². The van der Waals surface area contributed by atoms with Crippen molar-refractivity contribution in [1.82, 2.24) is 0 Å². The number of hydrogen-bond acceptors (Lipinski definition) is 2. The normalized spacial score (nSPS) is 9.54. The van der Waals surface area contributed by atoms with Crippen molar-refractivity contribution in [3.05, 3.63) is 34.9 Å². The van der Waals surface area contributed by atoms with E-state index in [2.05, 4.69) is 5.48 Å². The Bertz CT molecular complexity index is 325. The van der Waals surface area contributed by atoms with Gasteiger partial charge >= 0.3 is 0 Å². The summed E-state index contributed by atoms with van der Waals surface area (Å²) < 4.78 is 0. The van der Waals surface area contributed by atoms with Crippen LogP contribution in [0.1, 0.15) is 25.0 Å². The van der Waals surface area contributed by atoms with Gasteiger partial charge < -0.3 is 0 Å². The number of rotatable bonds is 2. The molecule has 0 unspecified atom stereocenters. The maximum absolute atomic E-state index is 8.93. The molecule has 13 heavy (non-hydrogen) atoms. The van der Waals surface area contributed by atoms with Crippen LogP contribution in [0.3, 0.4) is 0 Å². The smallest absolute Gasteiger partial charge is 0.0703 e. The first-order valence-electron chi connectivity index (χ1n) is 4.29. The van der Waals surface area contributed by atoms with E-state index in [9.17, 15) is 0 Å². The highest BCUT2D eigenvalue weighted by Crippen LogP contribution is 2.21. The van der Waals surface area contributed by atoms with Crippen LogP contribution in [0.2, 0.25) is 0 Å². The maximum Gasteiger partial charge on any atom is 0.0703 e. The van der Waals surface area contributed by atoms with E-state index in [1.807, 2.05) is 45.0 Å². The minimum absolute atomic E-state index is 0.781. The van der Waals surface area contributed by atoms with Gasteiger partial charge in [0.1, 0.15) is 0 Å². The standard InChI is InChI=1S/C11H15NO/c1-8(2)7-10-6-4-5-9(3)11(10)12-13/h4-7,12-13H,1-3H3. The van der Waals surface area contributed by atoms with Crippen LogP contribution >= 0.6 is 0 Å². The Kier molecular flexibility index (Phi) is 3.09. The highest BCUT2D eigenvalue weighted by Gasteiger charge is 2.00. The van der Waals surface area contributed by atoms with Gasteiger partial charge in [0.25, 0.3) is 0 Å². The van der Waals surface area contributed by atoms with E-state index in [1.54, 1.807) is 0 Å². The zero-order valence-electron chi connectivity index (χ0n) is 8.26. The average molecular weight is 177 g/mol. The van der Waals surface area contributed by atoms with Crippen LogP contribution in [0.5, 0.6) is 0 Å². The summed E-state index contributed by atoms with van der Waals surface area (Å²) in [5.41, 5.74) is 6.27. The summed E-state index contributed by atoms with van der Waals surface area (Å²) in [5.74, 6) is 0. The van der Waals surface area contributed by atoms with Gasteiger partial charge in [0.2, 0.25) is 0 Å². The molecule has 1 aromatic rings. The van der Waals surface area contributed by atoms with Crippen molar-refractivity contribution in [2.45, 2.75) is 20.8 Å². The van der Waals surface area contributed by atoms with Gasteiger partial charge in [0.15, 0.2) is 0 Å². The molecule has 0 saturated carbocycles. The molecule has 0 amide bonds. The quantitative estimate of drug-likeness (QED) is 0.680. The predicted octanol–water partition coefficient (Wildman–Crippen LogP) is 3.22. The van der Waals surface area contributed by atoms with Crippen molar-refractivity contribution >= 4 is 11.8 Å². The third-order valence-corrected chi connectivity index (χ3v) is 1.86. The summed E-state index contributed by atoms with van der Waals surface area (Å²) in [7, 11) is 0. The first kappa shape index (κ1) is 9.81. The van der Waals surface area contributed by atoms with E-state index in [0.717, 1.165) is 16.8 Å². The molecule has 0 heterocycles. The molecule has 0 bridgehead atoms. The number of allylic oxidation sites excluding steroid dienone is 1. The van der Waals surface area contributed by atoms with Crippen molar-refractivity contribution in [1.29, 1.82) is 0 Å². The summed E-state index contributed by atoms with van der Waals surface area (Å²) in [4.78, 5) is 0. The third-order valence-electron chi connectivity index (χ3n) is 1.86. The fourth-order valence-electron chi connectivity index (χ4n) is 1.27. The van der Waals surface area contributed by atoms with Crippen molar-refractivity contribution < 1.29 is 5.21 Å². The molecule has 1 aromatic carbocycles. The monoisotopic (exact) mass is 177 g/mol. The van der Waals surface area contributed by atoms with Crippen LogP contribution in [-0.2, 0) is 0 Å². The predicted molar refractivity (Wildman–Crippen MR) is 55.9 cm³/mol. The van der Waals surface area contributed by atoms with Gasteiger partial charge in [-0.3, -0.25) is 10.7 Å². The summed E-state index contributed by atoms with van der Waals surface area (Å²) in [6, 6.07) is 5.91. The van der Waals surface area contributed by atoms with Crippen molar-refractivity contribution in [3.8, 4) is 0 Å². The lowest BCUT2D eigenvalue weighted by Crippen LogP contribution is -1.95. The second-order valence-electron chi connectivity index (χ2n) is 3.37. The molecular formula is C11H15NO. The summed E-state index contributed by atoms with van der Waals surface area (Å²) >= 11 is 0. The van der Waals surface area contributed by atoms with Crippen molar-refractivity contribution in [3.63, 3.8) is 0 Å². The Morgan fingerprint density at radius 1 is 1.38 bits per heavy atom. The third kappa shape index (κ3) is 2.33. The molecule has 0 atom stereocenters. The topological polar surface area (TPSA) is 32.3 Å². The molecule has 0 radical (unpaired) electrons. The Hall–Kier alpha value is -1.28. The first-order valence-corrected chi connectivity index (χ1v) is 4.29. The molecule has 0 aliphatic rings. The Morgan fingerprint density at radius 3 is 2.62 bits per heavy atom. The minimum atomic E-state index is 0.781. The van der Waals surface area contributed by atoms with E-state index >= 15 is 0 Å². The molecule has 2 N–H and O–H groups in total. The lowest BCUT2D eigenvalue weighted by molar-refractivity contribution is 0.388. The maximum atomic E-state index is 8.93. The van der Waals surface area contributed by atoms with E-state index in [1.165, 1.54) is 5.57 Å². The molecule has 0 aliphatic carbocycles. The van der Waals surface area contributed by atoms with E-state index in [0.29, 0.717) is 0 Å². The number of benzene rings is 1. The van der Waals surface area contributed by atoms with Crippen LogP contribution in [0.15, 0.2) is 23.8 Å². The number of hydrogen-bond donors (Lipinski definition) is 2. The fourth-order valence-corrected chi connectivity index (χ4v) is 1.27. The first-order chi connectivity index (χ1) is 6.15. The molecule has 70 valence electrons. The number of para-hydroxylation sites is 1. The van der Waals surface area contributed by atoms with E-state index in [-0.39, 0.29) is 0 Å². The highest BCUT2D eigenvalue weighted by molar-refractivity contribution is 5.69. The lowest BCUT2D eigenvalue weighted by atomic mass is 10.1. The summed E-state index contributed by atoms with van der Waals surface area (Å²) in [5, 5.41) is 8.93. The average Bonchev–Trinajstić information content (AvgIpc) is 2.03. The van der Waals surface area contributed by atoms with Crippen LogP contribution in [-0.4, -0.2) is 5.21 Å². The molecule has 0 aromatic heterocycles. The molecule has 0 fully saturated rings. The largest absolute Gasteiger partial charge is 0.291 e. The van der Waals surface area contributed by atoms with Gasteiger partial charge in [-0.25, -0.2) is 0 Å². The zero-order chi connectivity index (χ0) is 9.84.